The summed E-state index contributed by atoms with van der Waals surface area (Å²) < 4.78 is 18.5. The van der Waals surface area contributed by atoms with Crippen molar-refractivity contribution in [1.29, 1.82) is 0 Å². The van der Waals surface area contributed by atoms with Crippen LogP contribution in [0.5, 0.6) is 5.75 Å². The minimum atomic E-state index is -0.217. The molecule has 2 heterocycles. The Bertz CT molecular complexity index is 451. The number of hydrogen-bond acceptors (Lipinski definition) is 3. The van der Waals surface area contributed by atoms with Gasteiger partial charge in [0.05, 0.1) is 6.61 Å². The molecule has 2 fully saturated rings. The van der Waals surface area contributed by atoms with Gasteiger partial charge in [0.15, 0.2) is 0 Å². The summed E-state index contributed by atoms with van der Waals surface area (Å²) in [6.07, 6.45) is 2.27. The fraction of sp³-hybridized carbons (Fsp3) is 0.647. The lowest BCUT2D eigenvalue weighted by atomic mass is 9.93. The Morgan fingerprint density at radius 3 is 2.86 bits per heavy atom. The highest BCUT2D eigenvalue weighted by Gasteiger charge is 2.42. The van der Waals surface area contributed by atoms with Gasteiger partial charge in [0.25, 0.3) is 0 Å². The third kappa shape index (κ3) is 3.38. The molecule has 1 N–H and O–H groups in total. The van der Waals surface area contributed by atoms with Crippen molar-refractivity contribution in [3.63, 3.8) is 0 Å². The Kier molecular flexibility index (Phi) is 4.76. The van der Waals surface area contributed by atoms with Crippen molar-refractivity contribution in [2.75, 3.05) is 32.8 Å². The zero-order chi connectivity index (χ0) is 14.7. The van der Waals surface area contributed by atoms with E-state index in [9.17, 15) is 4.39 Å². The van der Waals surface area contributed by atoms with Gasteiger partial charge in [-0.3, -0.25) is 4.90 Å². The van der Waals surface area contributed by atoms with Crippen molar-refractivity contribution >= 4 is 0 Å². The minimum absolute atomic E-state index is 0.217. The van der Waals surface area contributed by atoms with Gasteiger partial charge in [0, 0.05) is 19.1 Å². The molecule has 2 saturated heterocycles. The molecule has 0 spiro atoms. The van der Waals surface area contributed by atoms with Gasteiger partial charge in [-0.25, -0.2) is 4.39 Å². The summed E-state index contributed by atoms with van der Waals surface area (Å²) in [5, 5.41) is 3.52. The lowest BCUT2D eigenvalue weighted by Crippen LogP contribution is -2.36. The third-order valence-electron chi connectivity index (χ3n) is 4.91. The van der Waals surface area contributed by atoms with Crippen LogP contribution in [-0.2, 0) is 0 Å². The van der Waals surface area contributed by atoms with Crippen molar-refractivity contribution in [1.82, 2.24) is 10.2 Å². The fourth-order valence-electron chi connectivity index (χ4n) is 3.92. The Hall–Kier alpha value is -1.13. The second kappa shape index (κ2) is 6.75. The van der Waals surface area contributed by atoms with E-state index >= 15 is 0 Å². The minimum Gasteiger partial charge on any atom is -0.494 e. The number of likely N-dealkylation sites (tertiary alicyclic amines) is 1. The van der Waals surface area contributed by atoms with Gasteiger partial charge in [-0.1, -0.05) is 6.92 Å². The van der Waals surface area contributed by atoms with Crippen LogP contribution in [0.25, 0.3) is 0 Å². The van der Waals surface area contributed by atoms with E-state index in [1.54, 1.807) is 12.1 Å². The Labute approximate surface area is 126 Å². The second-order valence-corrected chi connectivity index (χ2v) is 6.21. The van der Waals surface area contributed by atoms with Crippen molar-refractivity contribution in [3.05, 3.63) is 30.1 Å². The van der Waals surface area contributed by atoms with Crippen LogP contribution in [0, 0.1) is 17.7 Å². The van der Waals surface area contributed by atoms with Gasteiger partial charge < -0.3 is 10.1 Å². The molecule has 0 aliphatic carbocycles. The molecular formula is C17H25FN2O. The number of rotatable bonds is 6. The predicted octanol–water partition coefficient (Wildman–Crippen LogP) is 2.52. The Morgan fingerprint density at radius 2 is 2.10 bits per heavy atom. The summed E-state index contributed by atoms with van der Waals surface area (Å²) in [5.74, 6) is 2.22. The number of benzene rings is 1. The normalized spacial score (nSPS) is 28.8. The van der Waals surface area contributed by atoms with E-state index in [4.69, 9.17) is 4.74 Å². The van der Waals surface area contributed by atoms with E-state index in [0.717, 1.165) is 36.6 Å². The van der Waals surface area contributed by atoms with Gasteiger partial charge in [-0.2, -0.15) is 0 Å². The first kappa shape index (κ1) is 14.8. The molecule has 4 heteroatoms. The molecule has 3 rings (SSSR count). The molecule has 2 aliphatic heterocycles. The van der Waals surface area contributed by atoms with Gasteiger partial charge >= 0.3 is 0 Å². The Balaban J connectivity index is 1.42. The summed E-state index contributed by atoms with van der Waals surface area (Å²) in [6.45, 7) is 7.70. The van der Waals surface area contributed by atoms with E-state index < -0.39 is 0 Å². The summed E-state index contributed by atoms with van der Waals surface area (Å²) in [6, 6.07) is 7.00. The molecule has 0 amide bonds. The van der Waals surface area contributed by atoms with Crippen LogP contribution in [0.1, 0.15) is 19.8 Å². The average molecular weight is 292 g/mol. The maximum Gasteiger partial charge on any atom is 0.123 e. The van der Waals surface area contributed by atoms with Crippen LogP contribution in [0.2, 0.25) is 0 Å². The first-order chi connectivity index (χ1) is 10.3. The van der Waals surface area contributed by atoms with E-state index in [1.165, 1.54) is 38.2 Å². The third-order valence-corrected chi connectivity index (χ3v) is 4.91. The molecule has 3 atom stereocenters. The monoisotopic (exact) mass is 292 g/mol. The largest absolute Gasteiger partial charge is 0.494 e. The van der Waals surface area contributed by atoms with Crippen LogP contribution in [0.3, 0.4) is 0 Å². The van der Waals surface area contributed by atoms with E-state index in [2.05, 4.69) is 17.1 Å². The van der Waals surface area contributed by atoms with Crippen LogP contribution in [0.15, 0.2) is 24.3 Å². The number of hydrogen-bond donors (Lipinski definition) is 1. The molecule has 0 bridgehead atoms. The van der Waals surface area contributed by atoms with Gasteiger partial charge in [0.1, 0.15) is 11.6 Å². The predicted molar refractivity (Wildman–Crippen MR) is 82.0 cm³/mol. The van der Waals surface area contributed by atoms with Gasteiger partial charge in [-0.15, -0.1) is 0 Å². The molecule has 1 aromatic carbocycles. The summed E-state index contributed by atoms with van der Waals surface area (Å²) in [7, 11) is 0. The summed E-state index contributed by atoms with van der Waals surface area (Å²) in [5.41, 5.74) is 0. The molecule has 21 heavy (non-hydrogen) atoms. The number of halogens is 1. The van der Waals surface area contributed by atoms with Crippen molar-refractivity contribution in [2.24, 2.45) is 11.8 Å². The van der Waals surface area contributed by atoms with E-state index in [1.807, 2.05) is 0 Å². The molecule has 116 valence electrons. The summed E-state index contributed by atoms with van der Waals surface area (Å²) >= 11 is 0. The topological polar surface area (TPSA) is 24.5 Å². The zero-order valence-electron chi connectivity index (χ0n) is 12.7. The number of ether oxygens (including phenoxy) is 1. The molecule has 0 radical (unpaired) electrons. The maximum atomic E-state index is 12.8. The SMILES string of the molecule is CCC1C2CNCC2CN1CCCOc1ccc(F)cc1. The molecule has 2 aliphatic rings. The average Bonchev–Trinajstić information content (AvgIpc) is 3.05. The molecule has 1 aromatic rings. The van der Waals surface area contributed by atoms with Crippen LogP contribution in [0.4, 0.5) is 4.39 Å². The lowest BCUT2D eigenvalue weighted by Gasteiger charge is -2.26. The van der Waals surface area contributed by atoms with Gasteiger partial charge in [0.2, 0.25) is 0 Å². The highest BCUT2D eigenvalue weighted by atomic mass is 19.1. The maximum absolute atomic E-state index is 12.8. The molecule has 3 unspecified atom stereocenters. The van der Waals surface area contributed by atoms with Crippen LogP contribution in [-0.4, -0.2) is 43.7 Å². The lowest BCUT2D eigenvalue weighted by molar-refractivity contribution is 0.197. The summed E-state index contributed by atoms with van der Waals surface area (Å²) in [4.78, 5) is 2.64. The Morgan fingerprint density at radius 1 is 1.29 bits per heavy atom. The fourth-order valence-corrected chi connectivity index (χ4v) is 3.92. The molecule has 3 nitrogen and oxygen atoms in total. The highest BCUT2D eigenvalue weighted by molar-refractivity contribution is 5.21. The number of fused-ring (bicyclic) bond motifs is 1. The van der Waals surface area contributed by atoms with Gasteiger partial charge in [-0.05, 0) is 62.0 Å². The second-order valence-electron chi connectivity index (χ2n) is 6.21. The van der Waals surface area contributed by atoms with Crippen LogP contribution >= 0.6 is 0 Å². The first-order valence-corrected chi connectivity index (χ1v) is 8.11. The first-order valence-electron chi connectivity index (χ1n) is 8.11. The van der Waals surface area contributed by atoms with Crippen LogP contribution < -0.4 is 10.1 Å². The standard InChI is InChI=1S/C17H25FN2O/c1-2-17-16-11-19-10-13(16)12-20(17)8-3-9-21-15-6-4-14(18)5-7-15/h4-7,13,16-17,19H,2-3,8-12H2,1H3. The zero-order valence-corrected chi connectivity index (χ0v) is 12.7. The molecular weight excluding hydrogens is 267 g/mol. The smallest absolute Gasteiger partial charge is 0.123 e. The van der Waals surface area contributed by atoms with Crippen molar-refractivity contribution in [3.8, 4) is 5.75 Å². The van der Waals surface area contributed by atoms with E-state index in [-0.39, 0.29) is 5.82 Å². The number of nitrogens with one attached hydrogen (secondary N) is 1. The highest BCUT2D eigenvalue weighted by Crippen LogP contribution is 2.34. The van der Waals surface area contributed by atoms with E-state index in [0.29, 0.717) is 6.61 Å². The molecule has 0 aromatic heterocycles. The van der Waals surface area contributed by atoms with Crippen molar-refractivity contribution in [2.45, 2.75) is 25.8 Å². The van der Waals surface area contributed by atoms with Crippen molar-refractivity contribution < 1.29 is 9.13 Å². The quantitative estimate of drug-likeness (QED) is 0.816. The molecule has 0 saturated carbocycles. The number of nitrogens with zero attached hydrogens (tertiary/aromatic N) is 1.